The van der Waals surface area contributed by atoms with Gasteiger partial charge in [-0.25, -0.2) is 0 Å². The summed E-state index contributed by atoms with van der Waals surface area (Å²) in [6.07, 6.45) is 8.81. The van der Waals surface area contributed by atoms with Crippen molar-refractivity contribution in [1.82, 2.24) is 9.97 Å². The molecule has 0 bridgehead atoms. The Labute approximate surface area is 65.6 Å². The number of nitrogens with zero attached hydrogens (tertiary/aromatic N) is 2. The van der Waals surface area contributed by atoms with E-state index < -0.39 is 0 Å². The standard InChI is InChI=1S/C9H10N2/c1-3-5-9-8(4-2)10-6-7-11-9/h3-7H,1H2,2H3/b8-4+,9-5+. The van der Waals surface area contributed by atoms with Crippen molar-refractivity contribution in [2.75, 3.05) is 0 Å². The summed E-state index contributed by atoms with van der Waals surface area (Å²) in [4.78, 5) is 8.24. The Balaban J connectivity index is 3.48. The molecule has 0 radical (unpaired) electrons. The minimum atomic E-state index is 0.866. The quantitative estimate of drug-likeness (QED) is 0.567. The van der Waals surface area contributed by atoms with E-state index in [0.29, 0.717) is 0 Å². The molecule has 1 aromatic heterocycles. The zero-order valence-corrected chi connectivity index (χ0v) is 6.49. The largest absolute Gasteiger partial charge is 0.253 e. The first-order valence-corrected chi connectivity index (χ1v) is 3.44. The lowest BCUT2D eigenvalue weighted by molar-refractivity contribution is 1.10. The van der Waals surface area contributed by atoms with Gasteiger partial charge in [0.1, 0.15) is 0 Å². The van der Waals surface area contributed by atoms with Crippen LogP contribution in [0.3, 0.4) is 0 Å². The van der Waals surface area contributed by atoms with Gasteiger partial charge in [0, 0.05) is 12.4 Å². The summed E-state index contributed by atoms with van der Waals surface area (Å²) >= 11 is 0. The maximum absolute atomic E-state index is 4.12. The Kier molecular flexibility index (Phi) is 2.55. The molecule has 0 saturated heterocycles. The minimum absolute atomic E-state index is 0.866. The number of hydrogen-bond donors (Lipinski definition) is 0. The fourth-order valence-corrected chi connectivity index (χ4v) is 0.822. The molecule has 0 aromatic carbocycles. The predicted octanol–water partition coefficient (Wildman–Crippen LogP) is 0.243. The minimum Gasteiger partial charge on any atom is -0.253 e. The lowest BCUT2D eigenvalue weighted by Gasteiger charge is -1.84. The van der Waals surface area contributed by atoms with Crippen LogP contribution in [0.25, 0.3) is 12.2 Å². The number of aromatic nitrogens is 2. The Hall–Kier alpha value is -1.44. The summed E-state index contributed by atoms with van der Waals surface area (Å²) in [5, 5.41) is 1.76. The van der Waals surface area contributed by atoms with Gasteiger partial charge in [-0.2, -0.15) is 0 Å². The molecule has 0 atom stereocenters. The van der Waals surface area contributed by atoms with Gasteiger partial charge >= 0.3 is 0 Å². The molecule has 0 fully saturated rings. The number of rotatable bonds is 1. The van der Waals surface area contributed by atoms with Crippen molar-refractivity contribution in [1.29, 1.82) is 0 Å². The molecule has 0 spiro atoms. The fourth-order valence-electron chi connectivity index (χ4n) is 0.822. The van der Waals surface area contributed by atoms with Gasteiger partial charge in [-0.3, -0.25) is 9.97 Å². The van der Waals surface area contributed by atoms with Crippen molar-refractivity contribution in [3.8, 4) is 0 Å². The first-order chi connectivity index (χ1) is 5.38. The zero-order chi connectivity index (χ0) is 8.10. The second kappa shape index (κ2) is 3.66. The van der Waals surface area contributed by atoms with Crippen LogP contribution < -0.4 is 10.7 Å². The van der Waals surface area contributed by atoms with Crippen molar-refractivity contribution in [2.45, 2.75) is 6.92 Å². The molecule has 0 aliphatic carbocycles. The Morgan fingerprint density at radius 2 is 1.91 bits per heavy atom. The van der Waals surface area contributed by atoms with Crippen molar-refractivity contribution in [3.63, 3.8) is 0 Å². The molecule has 0 saturated carbocycles. The molecule has 1 heterocycles. The van der Waals surface area contributed by atoms with E-state index in [1.165, 1.54) is 0 Å². The average Bonchev–Trinajstić information content (AvgIpc) is 2.06. The van der Waals surface area contributed by atoms with E-state index in [2.05, 4.69) is 16.5 Å². The molecule has 56 valence electrons. The van der Waals surface area contributed by atoms with E-state index >= 15 is 0 Å². The molecular weight excluding hydrogens is 136 g/mol. The van der Waals surface area contributed by atoms with E-state index in [9.17, 15) is 0 Å². The highest BCUT2D eigenvalue weighted by Crippen LogP contribution is 1.63. The van der Waals surface area contributed by atoms with Crippen molar-refractivity contribution < 1.29 is 0 Å². The van der Waals surface area contributed by atoms with E-state index in [-0.39, 0.29) is 0 Å². The highest BCUT2D eigenvalue weighted by atomic mass is 14.7. The molecule has 11 heavy (non-hydrogen) atoms. The molecule has 0 N–H and O–H groups in total. The second-order valence-electron chi connectivity index (χ2n) is 2.02. The molecule has 1 aromatic rings. The Bertz CT molecular complexity index is 352. The molecule has 1 rings (SSSR count). The lowest BCUT2D eigenvalue weighted by atomic mass is 10.4. The first-order valence-electron chi connectivity index (χ1n) is 3.44. The van der Waals surface area contributed by atoms with Crippen LogP contribution in [0.2, 0.25) is 0 Å². The average molecular weight is 146 g/mol. The van der Waals surface area contributed by atoms with Crippen LogP contribution in [0, 0.1) is 0 Å². The van der Waals surface area contributed by atoms with Crippen molar-refractivity contribution in [2.24, 2.45) is 0 Å². The van der Waals surface area contributed by atoms with Crippen LogP contribution in [0.4, 0.5) is 0 Å². The van der Waals surface area contributed by atoms with Gasteiger partial charge in [-0.15, -0.1) is 0 Å². The molecule has 0 aliphatic heterocycles. The summed E-state index contributed by atoms with van der Waals surface area (Å²) < 4.78 is 0. The lowest BCUT2D eigenvalue weighted by Crippen LogP contribution is -2.29. The summed E-state index contributed by atoms with van der Waals surface area (Å²) in [7, 11) is 0. The van der Waals surface area contributed by atoms with Crippen molar-refractivity contribution >= 4 is 12.2 Å². The summed E-state index contributed by atoms with van der Waals surface area (Å²) in [6, 6.07) is 0. The maximum Gasteiger partial charge on any atom is 0.0883 e. The smallest absolute Gasteiger partial charge is 0.0883 e. The maximum atomic E-state index is 4.12. The zero-order valence-electron chi connectivity index (χ0n) is 6.49. The third-order valence-electron chi connectivity index (χ3n) is 1.31. The van der Waals surface area contributed by atoms with Gasteiger partial charge in [0.25, 0.3) is 0 Å². The molecule has 2 heteroatoms. The van der Waals surface area contributed by atoms with Gasteiger partial charge in [0.2, 0.25) is 0 Å². The van der Waals surface area contributed by atoms with E-state index in [1.807, 2.05) is 19.1 Å². The van der Waals surface area contributed by atoms with Gasteiger partial charge in [-0.05, 0) is 13.0 Å². The topological polar surface area (TPSA) is 25.8 Å². The molecule has 2 nitrogen and oxygen atoms in total. The third kappa shape index (κ3) is 1.74. The molecule has 0 aliphatic rings. The number of hydrogen-bond acceptors (Lipinski definition) is 2. The Morgan fingerprint density at radius 3 is 2.45 bits per heavy atom. The van der Waals surface area contributed by atoms with Gasteiger partial charge in [-0.1, -0.05) is 18.7 Å². The SMILES string of the molecule is C=C/C=c1/nccn/c1=C/C. The fraction of sp³-hybridized carbons (Fsp3) is 0.111. The van der Waals surface area contributed by atoms with Crippen molar-refractivity contribution in [3.05, 3.63) is 35.7 Å². The van der Waals surface area contributed by atoms with E-state index in [4.69, 9.17) is 0 Å². The molecule has 0 amide bonds. The predicted molar refractivity (Wildman–Crippen MR) is 46.1 cm³/mol. The third-order valence-corrected chi connectivity index (χ3v) is 1.31. The molecule has 0 unspecified atom stereocenters. The highest BCUT2D eigenvalue weighted by molar-refractivity contribution is 5.33. The van der Waals surface area contributed by atoms with E-state index in [0.717, 1.165) is 10.7 Å². The number of allylic oxidation sites excluding steroid dienone is 1. The summed E-state index contributed by atoms with van der Waals surface area (Å²) in [6.45, 7) is 5.53. The van der Waals surface area contributed by atoms with E-state index in [1.54, 1.807) is 18.5 Å². The normalized spacial score (nSPS) is 13.5. The monoisotopic (exact) mass is 146 g/mol. The van der Waals surface area contributed by atoms with Crippen LogP contribution >= 0.6 is 0 Å². The van der Waals surface area contributed by atoms with Crippen LogP contribution in [-0.4, -0.2) is 9.97 Å². The van der Waals surface area contributed by atoms with Crippen LogP contribution in [-0.2, 0) is 0 Å². The van der Waals surface area contributed by atoms with Gasteiger partial charge < -0.3 is 0 Å². The summed E-state index contributed by atoms with van der Waals surface area (Å²) in [5.74, 6) is 0. The first kappa shape index (κ1) is 7.66. The van der Waals surface area contributed by atoms with Crippen LogP contribution in [0.1, 0.15) is 6.92 Å². The van der Waals surface area contributed by atoms with Crippen LogP contribution in [0.15, 0.2) is 25.0 Å². The van der Waals surface area contributed by atoms with Crippen LogP contribution in [0.5, 0.6) is 0 Å². The molecular formula is C9H10N2. The van der Waals surface area contributed by atoms with Gasteiger partial charge in [0.05, 0.1) is 10.7 Å². The Morgan fingerprint density at radius 1 is 1.27 bits per heavy atom. The highest BCUT2D eigenvalue weighted by Gasteiger charge is 1.80. The summed E-state index contributed by atoms with van der Waals surface area (Å²) in [5.41, 5.74) is 0. The second-order valence-corrected chi connectivity index (χ2v) is 2.02. The van der Waals surface area contributed by atoms with Gasteiger partial charge in [0.15, 0.2) is 0 Å².